The average molecular weight is 227 g/mol. The summed E-state index contributed by atoms with van der Waals surface area (Å²) in [4.78, 5) is 13.7. The normalized spacial score (nSPS) is 20.7. The standard InChI is InChI=1S/C13H25NO2/c1-6-13(5)7-9-14(10-8-13)11(15)16-12(2,3)4/h6-10H2,1-5H3. The van der Waals surface area contributed by atoms with Crippen LogP contribution >= 0.6 is 0 Å². The summed E-state index contributed by atoms with van der Waals surface area (Å²) in [5.74, 6) is 0. The molecule has 0 saturated carbocycles. The summed E-state index contributed by atoms with van der Waals surface area (Å²) in [6.07, 6.45) is 3.20. The maximum Gasteiger partial charge on any atom is 0.410 e. The van der Waals surface area contributed by atoms with Gasteiger partial charge in [0.15, 0.2) is 0 Å². The molecule has 94 valence electrons. The van der Waals surface area contributed by atoms with Gasteiger partial charge in [0.05, 0.1) is 0 Å². The Morgan fingerprint density at radius 1 is 1.31 bits per heavy atom. The molecule has 1 aliphatic rings. The van der Waals surface area contributed by atoms with Crippen molar-refractivity contribution in [1.82, 2.24) is 4.90 Å². The monoisotopic (exact) mass is 227 g/mol. The number of rotatable bonds is 1. The molecule has 16 heavy (non-hydrogen) atoms. The van der Waals surface area contributed by atoms with Crippen LogP contribution in [-0.2, 0) is 4.74 Å². The first-order valence-electron chi connectivity index (χ1n) is 6.24. The second-order valence-electron chi connectivity index (χ2n) is 6.13. The van der Waals surface area contributed by atoms with E-state index in [1.54, 1.807) is 0 Å². The highest BCUT2D eigenvalue weighted by atomic mass is 16.6. The lowest BCUT2D eigenvalue weighted by atomic mass is 9.78. The number of carbonyl (C=O) groups excluding carboxylic acids is 1. The molecule has 0 radical (unpaired) electrons. The van der Waals surface area contributed by atoms with E-state index < -0.39 is 0 Å². The van der Waals surface area contributed by atoms with Gasteiger partial charge in [0.1, 0.15) is 5.60 Å². The number of likely N-dealkylation sites (tertiary alicyclic amines) is 1. The summed E-state index contributed by atoms with van der Waals surface area (Å²) in [6, 6.07) is 0. The zero-order chi connectivity index (χ0) is 12.4. The molecule has 1 saturated heterocycles. The fourth-order valence-corrected chi connectivity index (χ4v) is 1.91. The van der Waals surface area contributed by atoms with E-state index in [1.165, 1.54) is 6.42 Å². The first-order valence-corrected chi connectivity index (χ1v) is 6.24. The minimum atomic E-state index is -0.386. The lowest BCUT2D eigenvalue weighted by Gasteiger charge is -2.39. The maximum absolute atomic E-state index is 11.8. The quantitative estimate of drug-likeness (QED) is 0.687. The van der Waals surface area contributed by atoms with Crippen LogP contribution in [0, 0.1) is 5.41 Å². The van der Waals surface area contributed by atoms with Crippen LogP contribution < -0.4 is 0 Å². The third-order valence-electron chi connectivity index (χ3n) is 3.48. The summed E-state index contributed by atoms with van der Waals surface area (Å²) in [6.45, 7) is 11.9. The smallest absolute Gasteiger partial charge is 0.410 e. The van der Waals surface area contributed by atoms with Crippen molar-refractivity contribution < 1.29 is 9.53 Å². The van der Waals surface area contributed by atoms with Crippen LogP contribution in [0.4, 0.5) is 4.79 Å². The summed E-state index contributed by atoms with van der Waals surface area (Å²) in [5.41, 5.74) is 0.0289. The molecule has 3 heteroatoms. The summed E-state index contributed by atoms with van der Waals surface area (Å²) in [5, 5.41) is 0. The van der Waals surface area contributed by atoms with Crippen molar-refractivity contribution in [3.8, 4) is 0 Å². The van der Waals surface area contributed by atoms with E-state index in [1.807, 2.05) is 25.7 Å². The fraction of sp³-hybridized carbons (Fsp3) is 0.923. The Kier molecular flexibility index (Phi) is 3.87. The molecule has 0 spiro atoms. The van der Waals surface area contributed by atoms with Crippen molar-refractivity contribution >= 4 is 6.09 Å². The van der Waals surface area contributed by atoms with Gasteiger partial charge in [-0.3, -0.25) is 0 Å². The predicted octanol–water partition coefficient (Wildman–Crippen LogP) is 3.43. The van der Waals surface area contributed by atoms with Gasteiger partial charge in [0, 0.05) is 13.1 Å². The van der Waals surface area contributed by atoms with E-state index in [2.05, 4.69) is 13.8 Å². The second-order valence-corrected chi connectivity index (χ2v) is 6.13. The Bertz CT molecular complexity index is 247. The maximum atomic E-state index is 11.8. The highest BCUT2D eigenvalue weighted by molar-refractivity contribution is 5.68. The highest BCUT2D eigenvalue weighted by Gasteiger charge is 2.32. The fourth-order valence-electron chi connectivity index (χ4n) is 1.91. The Morgan fingerprint density at radius 2 is 1.81 bits per heavy atom. The highest BCUT2D eigenvalue weighted by Crippen LogP contribution is 2.34. The molecule has 0 atom stereocenters. The van der Waals surface area contributed by atoms with Crippen LogP contribution in [0.1, 0.15) is 53.9 Å². The Labute approximate surface area is 99.1 Å². The van der Waals surface area contributed by atoms with Gasteiger partial charge in [-0.1, -0.05) is 20.3 Å². The van der Waals surface area contributed by atoms with Crippen molar-refractivity contribution in [2.45, 2.75) is 59.5 Å². The molecule has 0 aromatic carbocycles. The second kappa shape index (κ2) is 4.64. The number of hydrogen-bond donors (Lipinski definition) is 0. The van der Waals surface area contributed by atoms with Crippen LogP contribution in [0.25, 0.3) is 0 Å². The number of nitrogens with zero attached hydrogens (tertiary/aromatic N) is 1. The first-order chi connectivity index (χ1) is 7.26. The zero-order valence-corrected chi connectivity index (χ0v) is 11.3. The lowest BCUT2D eigenvalue weighted by Crippen LogP contribution is -2.44. The van der Waals surface area contributed by atoms with Crippen molar-refractivity contribution in [2.24, 2.45) is 5.41 Å². The van der Waals surface area contributed by atoms with Gasteiger partial charge >= 0.3 is 6.09 Å². The number of hydrogen-bond acceptors (Lipinski definition) is 2. The minimum absolute atomic E-state index is 0.161. The van der Waals surface area contributed by atoms with Crippen LogP contribution in [-0.4, -0.2) is 29.7 Å². The third kappa shape index (κ3) is 3.69. The largest absolute Gasteiger partial charge is 0.444 e. The van der Waals surface area contributed by atoms with Crippen molar-refractivity contribution in [1.29, 1.82) is 0 Å². The van der Waals surface area contributed by atoms with E-state index in [4.69, 9.17) is 4.74 Å². The van der Waals surface area contributed by atoms with Gasteiger partial charge in [-0.2, -0.15) is 0 Å². The van der Waals surface area contributed by atoms with Crippen molar-refractivity contribution in [3.63, 3.8) is 0 Å². The number of amides is 1. The Balaban J connectivity index is 2.45. The van der Waals surface area contributed by atoms with Crippen LogP contribution in [0.3, 0.4) is 0 Å². The van der Waals surface area contributed by atoms with Crippen molar-refractivity contribution in [2.75, 3.05) is 13.1 Å². The van der Waals surface area contributed by atoms with Gasteiger partial charge in [-0.25, -0.2) is 4.79 Å². The van der Waals surface area contributed by atoms with Gasteiger partial charge in [-0.05, 0) is 39.0 Å². The minimum Gasteiger partial charge on any atom is -0.444 e. The van der Waals surface area contributed by atoms with E-state index in [0.29, 0.717) is 5.41 Å². The predicted molar refractivity (Wildman–Crippen MR) is 65.4 cm³/mol. The summed E-state index contributed by atoms with van der Waals surface area (Å²) < 4.78 is 5.37. The topological polar surface area (TPSA) is 29.5 Å². The molecular formula is C13H25NO2. The molecule has 1 rings (SSSR count). The molecule has 1 amide bonds. The molecule has 0 N–H and O–H groups in total. The first kappa shape index (κ1) is 13.3. The molecule has 1 aliphatic heterocycles. The summed E-state index contributed by atoms with van der Waals surface area (Å²) in [7, 11) is 0. The molecule has 0 aromatic rings. The molecule has 0 bridgehead atoms. The van der Waals surface area contributed by atoms with Crippen LogP contribution in [0.2, 0.25) is 0 Å². The van der Waals surface area contributed by atoms with E-state index in [0.717, 1.165) is 25.9 Å². The zero-order valence-electron chi connectivity index (χ0n) is 11.3. The van der Waals surface area contributed by atoms with E-state index >= 15 is 0 Å². The van der Waals surface area contributed by atoms with Gasteiger partial charge in [-0.15, -0.1) is 0 Å². The SMILES string of the molecule is CCC1(C)CCN(C(=O)OC(C)(C)C)CC1. The van der Waals surface area contributed by atoms with Gasteiger partial charge in [0.25, 0.3) is 0 Å². The third-order valence-corrected chi connectivity index (χ3v) is 3.48. The summed E-state index contributed by atoms with van der Waals surface area (Å²) >= 11 is 0. The average Bonchev–Trinajstić information content (AvgIpc) is 2.16. The van der Waals surface area contributed by atoms with Gasteiger partial charge in [0.2, 0.25) is 0 Å². The molecular weight excluding hydrogens is 202 g/mol. The Hall–Kier alpha value is -0.730. The van der Waals surface area contributed by atoms with E-state index in [9.17, 15) is 4.79 Å². The van der Waals surface area contributed by atoms with Crippen LogP contribution in [0.5, 0.6) is 0 Å². The number of piperidine rings is 1. The van der Waals surface area contributed by atoms with Gasteiger partial charge < -0.3 is 9.64 Å². The molecule has 0 unspecified atom stereocenters. The van der Waals surface area contributed by atoms with E-state index in [-0.39, 0.29) is 11.7 Å². The number of carbonyl (C=O) groups is 1. The molecule has 0 aromatic heterocycles. The van der Waals surface area contributed by atoms with Crippen molar-refractivity contribution in [3.05, 3.63) is 0 Å². The molecule has 1 heterocycles. The molecule has 0 aliphatic carbocycles. The van der Waals surface area contributed by atoms with Crippen LogP contribution in [0.15, 0.2) is 0 Å². The number of ether oxygens (including phenoxy) is 1. The molecule has 1 fully saturated rings. The lowest BCUT2D eigenvalue weighted by molar-refractivity contribution is 0.0115. The molecule has 3 nitrogen and oxygen atoms in total. The Morgan fingerprint density at radius 3 is 2.19 bits per heavy atom.